The van der Waals surface area contributed by atoms with E-state index in [2.05, 4.69) is 15.5 Å². The molecule has 0 aliphatic carbocycles. The van der Waals surface area contributed by atoms with Gasteiger partial charge in [0.15, 0.2) is 11.0 Å². The zero-order valence-electron chi connectivity index (χ0n) is 24.3. The molecular formula is C33H29FN6O3S2. The average Bonchev–Trinajstić information content (AvgIpc) is 3.85. The lowest BCUT2D eigenvalue weighted by atomic mass is 9.98. The molecule has 6 rings (SSSR count). The highest BCUT2D eigenvalue weighted by Crippen LogP contribution is 2.34. The van der Waals surface area contributed by atoms with Crippen molar-refractivity contribution in [3.05, 3.63) is 130 Å². The highest BCUT2D eigenvalue weighted by Gasteiger charge is 2.33. The molecule has 0 radical (unpaired) electrons. The summed E-state index contributed by atoms with van der Waals surface area (Å²) in [5, 5.41) is 20.3. The second-order valence-electron chi connectivity index (χ2n) is 10.2. The van der Waals surface area contributed by atoms with E-state index in [1.165, 1.54) is 40.2 Å². The largest absolute Gasteiger partial charge is 0.497 e. The minimum absolute atomic E-state index is 0.0472. The van der Waals surface area contributed by atoms with Crippen LogP contribution in [0.3, 0.4) is 0 Å². The van der Waals surface area contributed by atoms with E-state index in [9.17, 15) is 14.0 Å². The fourth-order valence-corrected chi connectivity index (χ4v) is 6.42. The molecule has 0 spiro atoms. The molecule has 0 unspecified atom stereocenters. The van der Waals surface area contributed by atoms with Crippen LogP contribution < -0.4 is 10.1 Å². The first-order valence-electron chi connectivity index (χ1n) is 14.2. The van der Waals surface area contributed by atoms with Gasteiger partial charge in [0.2, 0.25) is 0 Å². The average molecular weight is 641 g/mol. The van der Waals surface area contributed by atoms with E-state index in [1.807, 2.05) is 70.6 Å². The summed E-state index contributed by atoms with van der Waals surface area (Å²) in [4.78, 5) is 27.0. The van der Waals surface area contributed by atoms with E-state index in [0.717, 1.165) is 28.2 Å². The van der Waals surface area contributed by atoms with Crippen molar-refractivity contribution in [2.45, 2.75) is 30.7 Å². The number of thiophene rings is 1. The van der Waals surface area contributed by atoms with Crippen LogP contribution >= 0.6 is 23.1 Å². The van der Waals surface area contributed by atoms with Gasteiger partial charge in [-0.3, -0.25) is 9.59 Å². The molecule has 0 saturated carbocycles. The van der Waals surface area contributed by atoms with Crippen LogP contribution in [-0.2, 0) is 17.9 Å². The molecule has 0 fully saturated rings. The molecular weight excluding hydrogens is 612 g/mol. The number of halogens is 1. The van der Waals surface area contributed by atoms with Gasteiger partial charge in [-0.1, -0.05) is 60.3 Å². The fraction of sp³-hybridized carbons (Fsp3) is 0.182. The summed E-state index contributed by atoms with van der Waals surface area (Å²) in [5.41, 5.74) is 3.45. The number of benzene rings is 3. The number of amides is 2. The van der Waals surface area contributed by atoms with Crippen molar-refractivity contribution >= 4 is 40.6 Å². The van der Waals surface area contributed by atoms with Gasteiger partial charge in [-0.25, -0.2) is 9.40 Å². The number of carbonyl (C=O) groups is 2. The number of nitrogens with one attached hydrogen (secondary N) is 1. The van der Waals surface area contributed by atoms with Crippen LogP contribution in [0.2, 0.25) is 0 Å². The molecule has 2 amide bonds. The molecule has 1 aliphatic heterocycles. The Labute approximate surface area is 267 Å². The molecule has 5 aromatic rings. The molecule has 3 heterocycles. The highest BCUT2D eigenvalue weighted by molar-refractivity contribution is 7.99. The summed E-state index contributed by atoms with van der Waals surface area (Å²) in [7, 11) is 1.61. The van der Waals surface area contributed by atoms with Gasteiger partial charge in [0.1, 0.15) is 11.6 Å². The molecule has 12 heteroatoms. The summed E-state index contributed by atoms with van der Waals surface area (Å²) in [6.07, 6.45) is 0.479. The highest BCUT2D eigenvalue weighted by atomic mass is 32.2. The predicted octanol–water partition coefficient (Wildman–Crippen LogP) is 5.94. The maximum atomic E-state index is 13.8. The lowest BCUT2D eigenvalue weighted by molar-refractivity contribution is -0.130. The summed E-state index contributed by atoms with van der Waals surface area (Å²) in [5.74, 6) is 0.591. The normalized spacial score (nSPS) is 14.3. The van der Waals surface area contributed by atoms with Gasteiger partial charge in [-0.05, 0) is 64.5 Å². The topological polar surface area (TPSA) is 102 Å². The molecule has 1 N–H and O–H groups in total. The van der Waals surface area contributed by atoms with Crippen LogP contribution in [0.25, 0.3) is 0 Å². The Hall–Kier alpha value is -4.81. The Morgan fingerprint density at radius 3 is 2.49 bits per heavy atom. The van der Waals surface area contributed by atoms with E-state index in [4.69, 9.17) is 9.84 Å². The number of nitrogens with zero attached hydrogens (tertiary/aromatic N) is 5. The number of hydrogen-bond donors (Lipinski definition) is 1. The zero-order valence-corrected chi connectivity index (χ0v) is 25.9. The van der Waals surface area contributed by atoms with Crippen molar-refractivity contribution < 1.29 is 18.7 Å². The van der Waals surface area contributed by atoms with Crippen LogP contribution in [-0.4, -0.2) is 50.2 Å². The van der Waals surface area contributed by atoms with E-state index < -0.39 is 0 Å². The van der Waals surface area contributed by atoms with E-state index in [-0.39, 0.29) is 36.0 Å². The van der Waals surface area contributed by atoms with Gasteiger partial charge >= 0.3 is 0 Å². The minimum Gasteiger partial charge on any atom is -0.497 e. The number of hydrogen-bond acceptors (Lipinski definition) is 8. The molecule has 228 valence electrons. The van der Waals surface area contributed by atoms with Crippen LogP contribution in [0.1, 0.15) is 44.6 Å². The first-order valence-corrected chi connectivity index (χ1v) is 16.0. The number of rotatable bonds is 11. The van der Waals surface area contributed by atoms with Crippen molar-refractivity contribution in [2.24, 2.45) is 5.10 Å². The molecule has 0 bridgehead atoms. The summed E-state index contributed by atoms with van der Waals surface area (Å²) in [6.45, 7) is 0.648. The van der Waals surface area contributed by atoms with Crippen LogP contribution in [0, 0.1) is 5.82 Å². The lowest BCUT2D eigenvalue weighted by Gasteiger charge is -2.22. The zero-order chi connectivity index (χ0) is 31.2. The number of ether oxygens (including phenoxy) is 1. The van der Waals surface area contributed by atoms with Crippen molar-refractivity contribution in [1.29, 1.82) is 0 Å². The summed E-state index contributed by atoms with van der Waals surface area (Å²) < 4.78 is 21.0. The molecule has 0 saturated heterocycles. The third kappa shape index (κ3) is 7.13. The summed E-state index contributed by atoms with van der Waals surface area (Å²) in [6, 6.07) is 26.7. The van der Waals surface area contributed by atoms with Gasteiger partial charge in [0.25, 0.3) is 11.8 Å². The van der Waals surface area contributed by atoms with Crippen molar-refractivity contribution in [3.8, 4) is 5.75 Å². The second kappa shape index (κ2) is 13.9. The van der Waals surface area contributed by atoms with Gasteiger partial charge in [-0.15, -0.1) is 21.5 Å². The first-order chi connectivity index (χ1) is 22.0. The molecule has 1 aliphatic rings. The third-order valence-electron chi connectivity index (χ3n) is 7.30. The van der Waals surface area contributed by atoms with E-state index >= 15 is 0 Å². The van der Waals surface area contributed by atoms with Gasteiger partial charge in [0.05, 0.1) is 42.6 Å². The van der Waals surface area contributed by atoms with Crippen molar-refractivity contribution in [2.75, 3.05) is 12.9 Å². The minimum atomic E-state index is -0.388. The van der Waals surface area contributed by atoms with Crippen LogP contribution in [0.4, 0.5) is 4.39 Å². The second-order valence-corrected chi connectivity index (χ2v) is 12.1. The van der Waals surface area contributed by atoms with E-state index in [1.54, 1.807) is 25.3 Å². The van der Waals surface area contributed by atoms with Crippen LogP contribution in [0.15, 0.2) is 107 Å². The summed E-state index contributed by atoms with van der Waals surface area (Å²) >= 11 is 2.62. The number of aromatic nitrogens is 3. The molecule has 3 aromatic carbocycles. The van der Waals surface area contributed by atoms with Gasteiger partial charge < -0.3 is 14.6 Å². The molecule has 2 aromatic heterocycles. The Bertz CT molecular complexity index is 1790. The molecule has 45 heavy (non-hydrogen) atoms. The number of methoxy groups -OCH3 is 1. The maximum Gasteiger partial charge on any atom is 0.261 e. The predicted molar refractivity (Wildman–Crippen MR) is 172 cm³/mol. The van der Waals surface area contributed by atoms with Gasteiger partial charge in [0, 0.05) is 6.42 Å². The standard InChI is InChI=1S/C33H29FN6O3S2/c1-43-26-15-11-23(12-16-26)27-18-28(24-9-13-25(34)14-10-24)40(38-27)31(41)21-45-33-37-36-30(19-35-32(42)29-8-5-17-44-29)39(33)20-22-6-3-2-4-7-22/h2-17,28H,18-21H2,1H3,(H,35,42)/t28-/m0/s1. The number of thioether (sulfide) groups is 1. The first kappa shape index (κ1) is 30.2. The van der Waals surface area contributed by atoms with Crippen molar-refractivity contribution in [1.82, 2.24) is 25.1 Å². The van der Waals surface area contributed by atoms with E-state index in [0.29, 0.717) is 28.8 Å². The Morgan fingerprint density at radius 1 is 1.00 bits per heavy atom. The fourth-order valence-electron chi connectivity index (χ4n) is 4.97. The lowest BCUT2D eigenvalue weighted by Crippen LogP contribution is -2.28. The number of hydrazone groups is 1. The molecule has 1 atom stereocenters. The van der Waals surface area contributed by atoms with Gasteiger partial charge in [-0.2, -0.15) is 5.10 Å². The molecule has 9 nitrogen and oxygen atoms in total. The monoisotopic (exact) mass is 640 g/mol. The number of carbonyl (C=O) groups excluding carboxylic acids is 2. The van der Waals surface area contributed by atoms with Crippen LogP contribution in [0.5, 0.6) is 5.75 Å². The smallest absolute Gasteiger partial charge is 0.261 e. The SMILES string of the molecule is COc1ccc(C2=NN(C(=O)CSc3nnc(CNC(=O)c4cccs4)n3Cc3ccccc3)[C@H](c3ccc(F)cc3)C2)cc1. The third-order valence-corrected chi connectivity index (χ3v) is 9.12. The Balaban J connectivity index is 1.22. The Morgan fingerprint density at radius 2 is 1.78 bits per heavy atom. The quantitative estimate of drug-likeness (QED) is 0.180. The van der Waals surface area contributed by atoms with Crippen molar-refractivity contribution in [3.63, 3.8) is 0 Å². The maximum absolute atomic E-state index is 13.8. The Kier molecular flexibility index (Phi) is 9.32.